The van der Waals surface area contributed by atoms with Gasteiger partial charge in [-0.2, -0.15) is 0 Å². The van der Waals surface area contributed by atoms with Gasteiger partial charge in [0.1, 0.15) is 10.8 Å². The molecule has 0 unspecified atom stereocenters. The molecule has 4 heteroatoms. The maximum absolute atomic E-state index is 9.20. The lowest BCUT2D eigenvalue weighted by Gasteiger charge is -1.96. The summed E-state index contributed by atoms with van der Waals surface area (Å²) in [6, 6.07) is 7.14. The summed E-state index contributed by atoms with van der Waals surface area (Å²) in [5, 5.41) is 15.4. The van der Waals surface area contributed by atoms with Gasteiger partial charge in [-0.25, -0.2) is 4.98 Å². The summed E-state index contributed by atoms with van der Waals surface area (Å²) in [7, 11) is 1.94. The van der Waals surface area contributed by atoms with Crippen LogP contribution in [0.1, 0.15) is 5.69 Å². The summed E-state index contributed by atoms with van der Waals surface area (Å²) in [5.41, 5.74) is 2.17. The minimum absolute atomic E-state index is 0.288. The van der Waals surface area contributed by atoms with E-state index in [4.69, 9.17) is 0 Å². The number of aromatic hydroxyl groups is 1. The summed E-state index contributed by atoms with van der Waals surface area (Å²) in [5.74, 6) is 0.288. The molecule has 1 heterocycles. The minimum Gasteiger partial charge on any atom is -0.508 e. The lowest BCUT2D eigenvalue weighted by molar-refractivity contribution is 0.475. The Hall–Kier alpha value is -1.39. The number of hydrogen-bond acceptors (Lipinski definition) is 4. The summed E-state index contributed by atoms with van der Waals surface area (Å²) in [6.07, 6.45) is 0.949. The van der Waals surface area contributed by atoms with Crippen molar-refractivity contribution < 1.29 is 5.11 Å². The Morgan fingerprint density at radius 2 is 2.06 bits per heavy atom. The van der Waals surface area contributed by atoms with Crippen LogP contribution in [0.5, 0.6) is 5.75 Å². The van der Waals surface area contributed by atoms with Crippen LogP contribution in [0.3, 0.4) is 0 Å². The van der Waals surface area contributed by atoms with Gasteiger partial charge in [-0.05, 0) is 31.3 Å². The number of hydrogen-bond donors (Lipinski definition) is 2. The van der Waals surface area contributed by atoms with E-state index >= 15 is 0 Å². The molecular weight excluding hydrogens is 220 g/mol. The second-order valence-corrected chi connectivity index (χ2v) is 4.40. The zero-order valence-corrected chi connectivity index (χ0v) is 9.92. The molecule has 0 atom stereocenters. The van der Waals surface area contributed by atoms with Crippen LogP contribution in [0.4, 0.5) is 0 Å². The van der Waals surface area contributed by atoms with Crippen molar-refractivity contribution in [2.24, 2.45) is 0 Å². The van der Waals surface area contributed by atoms with E-state index in [1.54, 1.807) is 23.5 Å². The van der Waals surface area contributed by atoms with Gasteiger partial charge in [-0.1, -0.05) is 0 Å². The molecule has 0 aliphatic rings. The molecule has 0 amide bonds. The van der Waals surface area contributed by atoms with Gasteiger partial charge in [0.2, 0.25) is 0 Å². The van der Waals surface area contributed by atoms with Crippen molar-refractivity contribution in [1.29, 1.82) is 0 Å². The standard InChI is InChI=1S/C12H14N2OS/c1-13-7-6-10-8-16-12(14-10)9-2-4-11(15)5-3-9/h2-5,8,13,15H,6-7H2,1H3. The van der Waals surface area contributed by atoms with E-state index in [1.807, 2.05) is 19.2 Å². The molecule has 2 rings (SSSR count). The molecule has 0 fully saturated rings. The number of phenolic OH excluding ortho intramolecular Hbond substituents is 1. The van der Waals surface area contributed by atoms with Gasteiger partial charge in [0.15, 0.2) is 0 Å². The van der Waals surface area contributed by atoms with E-state index in [-0.39, 0.29) is 5.75 Å². The number of rotatable bonds is 4. The van der Waals surface area contributed by atoms with Crippen LogP contribution in [0.2, 0.25) is 0 Å². The fraction of sp³-hybridized carbons (Fsp3) is 0.250. The summed E-state index contributed by atoms with van der Waals surface area (Å²) < 4.78 is 0. The van der Waals surface area contributed by atoms with Crippen LogP contribution in [0.25, 0.3) is 10.6 Å². The molecule has 0 saturated carbocycles. The first-order valence-electron chi connectivity index (χ1n) is 5.18. The average molecular weight is 234 g/mol. The number of benzene rings is 1. The summed E-state index contributed by atoms with van der Waals surface area (Å²) in [4.78, 5) is 4.54. The fourth-order valence-electron chi connectivity index (χ4n) is 1.41. The zero-order valence-electron chi connectivity index (χ0n) is 9.10. The molecule has 3 nitrogen and oxygen atoms in total. The van der Waals surface area contributed by atoms with Gasteiger partial charge in [0.05, 0.1) is 5.69 Å². The van der Waals surface area contributed by atoms with Crippen LogP contribution in [-0.4, -0.2) is 23.7 Å². The predicted molar refractivity (Wildman–Crippen MR) is 66.8 cm³/mol. The number of likely N-dealkylation sites (N-methyl/N-ethyl adjacent to an activating group) is 1. The third-order valence-electron chi connectivity index (χ3n) is 2.30. The highest BCUT2D eigenvalue weighted by atomic mass is 32.1. The molecule has 0 aliphatic carbocycles. The number of nitrogens with one attached hydrogen (secondary N) is 1. The maximum atomic E-state index is 9.20. The first-order valence-corrected chi connectivity index (χ1v) is 6.06. The van der Waals surface area contributed by atoms with Crippen molar-refractivity contribution in [3.8, 4) is 16.3 Å². The molecule has 0 saturated heterocycles. The molecule has 0 bridgehead atoms. The molecule has 0 aliphatic heterocycles. The van der Waals surface area contributed by atoms with Crippen molar-refractivity contribution in [2.45, 2.75) is 6.42 Å². The van der Waals surface area contributed by atoms with Gasteiger partial charge in [-0.15, -0.1) is 11.3 Å². The average Bonchev–Trinajstić information content (AvgIpc) is 2.76. The molecule has 0 spiro atoms. The molecule has 16 heavy (non-hydrogen) atoms. The maximum Gasteiger partial charge on any atom is 0.123 e. The quantitative estimate of drug-likeness (QED) is 0.853. The molecule has 2 N–H and O–H groups in total. The number of aromatic nitrogens is 1. The van der Waals surface area contributed by atoms with Crippen LogP contribution in [0.15, 0.2) is 29.6 Å². The Morgan fingerprint density at radius 3 is 2.75 bits per heavy atom. The van der Waals surface area contributed by atoms with Crippen molar-refractivity contribution in [1.82, 2.24) is 10.3 Å². The highest BCUT2D eigenvalue weighted by molar-refractivity contribution is 7.13. The van der Waals surface area contributed by atoms with Gasteiger partial charge < -0.3 is 10.4 Å². The highest BCUT2D eigenvalue weighted by Crippen LogP contribution is 2.25. The second kappa shape index (κ2) is 5.09. The van der Waals surface area contributed by atoms with Crippen molar-refractivity contribution >= 4 is 11.3 Å². The second-order valence-electron chi connectivity index (χ2n) is 3.54. The molecule has 1 aromatic heterocycles. The van der Waals surface area contributed by atoms with Crippen molar-refractivity contribution in [3.63, 3.8) is 0 Å². The lowest BCUT2D eigenvalue weighted by atomic mass is 10.2. The van der Waals surface area contributed by atoms with Gasteiger partial charge in [0, 0.05) is 23.9 Å². The Labute approximate surface area is 98.8 Å². The van der Waals surface area contributed by atoms with Crippen molar-refractivity contribution in [3.05, 3.63) is 35.3 Å². The normalized spacial score (nSPS) is 10.6. The summed E-state index contributed by atoms with van der Waals surface area (Å²) >= 11 is 1.64. The first kappa shape index (κ1) is 11.1. The third-order valence-corrected chi connectivity index (χ3v) is 3.24. The molecule has 2 aromatic rings. The van der Waals surface area contributed by atoms with Crippen LogP contribution in [0, 0.1) is 0 Å². The molecular formula is C12H14N2OS. The van der Waals surface area contributed by atoms with Gasteiger partial charge in [-0.3, -0.25) is 0 Å². The number of nitrogens with zero attached hydrogens (tertiary/aromatic N) is 1. The molecule has 1 aromatic carbocycles. The molecule has 84 valence electrons. The van der Waals surface area contributed by atoms with Gasteiger partial charge >= 0.3 is 0 Å². The SMILES string of the molecule is CNCCc1csc(-c2ccc(O)cc2)n1. The molecule has 0 radical (unpaired) electrons. The monoisotopic (exact) mass is 234 g/mol. The van der Waals surface area contributed by atoms with Crippen molar-refractivity contribution in [2.75, 3.05) is 13.6 Å². The topological polar surface area (TPSA) is 45.1 Å². The summed E-state index contributed by atoms with van der Waals surface area (Å²) in [6.45, 7) is 0.943. The Kier molecular flexibility index (Phi) is 3.54. The number of thiazole rings is 1. The first-order chi connectivity index (χ1) is 7.79. The Balaban J connectivity index is 2.15. The van der Waals surface area contributed by atoms with E-state index < -0.39 is 0 Å². The highest BCUT2D eigenvalue weighted by Gasteiger charge is 2.04. The van der Waals surface area contributed by atoms with E-state index in [9.17, 15) is 5.11 Å². The van der Waals surface area contributed by atoms with E-state index in [2.05, 4.69) is 15.7 Å². The van der Waals surface area contributed by atoms with E-state index in [0.29, 0.717) is 0 Å². The third kappa shape index (κ3) is 2.59. The zero-order chi connectivity index (χ0) is 11.4. The van der Waals surface area contributed by atoms with Crippen LogP contribution >= 0.6 is 11.3 Å². The van der Waals surface area contributed by atoms with Crippen LogP contribution < -0.4 is 5.32 Å². The smallest absolute Gasteiger partial charge is 0.123 e. The van der Waals surface area contributed by atoms with E-state index in [0.717, 1.165) is 29.2 Å². The Bertz CT molecular complexity index is 450. The van der Waals surface area contributed by atoms with E-state index in [1.165, 1.54) is 0 Å². The fourth-order valence-corrected chi connectivity index (χ4v) is 2.27. The van der Waals surface area contributed by atoms with Crippen LogP contribution in [-0.2, 0) is 6.42 Å². The Morgan fingerprint density at radius 1 is 1.31 bits per heavy atom. The largest absolute Gasteiger partial charge is 0.508 e. The van der Waals surface area contributed by atoms with Gasteiger partial charge in [0.25, 0.3) is 0 Å². The predicted octanol–water partition coefficient (Wildman–Crippen LogP) is 2.28. The number of phenols is 1. The minimum atomic E-state index is 0.288. The lowest BCUT2D eigenvalue weighted by Crippen LogP contribution is -2.10.